The molecule has 0 spiro atoms. The van der Waals surface area contributed by atoms with Gasteiger partial charge in [-0.1, -0.05) is 56.2 Å². The van der Waals surface area contributed by atoms with Crippen molar-refractivity contribution in [3.8, 4) is 0 Å². The van der Waals surface area contributed by atoms with E-state index in [0.29, 0.717) is 12.1 Å². The van der Waals surface area contributed by atoms with Gasteiger partial charge in [0, 0.05) is 17.6 Å². The zero-order valence-electron chi connectivity index (χ0n) is 19.2. The maximum Gasteiger partial charge on any atom is 0.253 e. The SMILES string of the molecule is CCc1ccc2[nH]c(=O)c([C@H](c3nnnn3C3CCCC3)N(C)Cc3ccccc3)cc2c1. The van der Waals surface area contributed by atoms with Crippen molar-refractivity contribution in [1.82, 2.24) is 30.1 Å². The molecular formula is C26H30N6O. The number of aromatic nitrogens is 5. The van der Waals surface area contributed by atoms with Gasteiger partial charge in [0.15, 0.2) is 5.82 Å². The smallest absolute Gasteiger partial charge is 0.253 e. The highest BCUT2D eigenvalue weighted by atomic mass is 16.1. The van der Waals surface area contributed by atoms with Gasteiger partial charge >= 0.3 is 0 Å². The van der Waals surface area contributed by atoms with Gasteiger partial charge in [-0.2, -0.15) is 0 Å². The molecule has 1 saturated carbocycles. The normalized spacial score (nSPS) is 15.5. The van der Waals surface area contributed by atoms with Crippen LogP contribution in [0.15, 0.2) is 59.4 Å². The van der Waals surface area contributed by atoms with Crippen LogP contribution in [0.1, 0.15) is 67.2 Å². The fraction of sp³-hybridized carbons (Fsp3) is 0.385. The first kappa shape index (κ1) is 21.5. The Hall–Kier alpha value is -3.32. The predicted octanol–water partition coefficient (Wildman–Crippen LogP) is 4.41. The molecule has 0 amide bonds. The fourth-order valence-electron chi connectivity index (χ4n) is 5.02. The number of aryl methyl sites for hydroxylation is 1. The summed E-state index contributed by atoms with van der Waals surface area (Å²) in [4.78, 5) is 18.6. The summed E-state index contributed by atoms with van der Waals surface area (Å²) in [6, 6.07) is 18.5. The first-order valence-electron chi connectivity index (χ1n) is 11.8. The molecule has 33 heavy (non-hydrogen) atoms. The third-order valence-electron chi connectivity index (χ3n) is 6.79. The number of benzene rings is 2. The molecular weight excluding hydrogens is 412 g/mol. The maximum atomic E-state index is 13.4. The lowest BCUT2D eigenvalue weighted by atomic mass is 10.0. The number of hydrogen-bond donors (Lipinski definition) is 1. The van der Waals surface area contributed by atoms with Crippen molar-refractivity contribution >= 4 is 10.9 Å². The molecule has 4 aromatic rings. The van der Waals surface area contributed by atoms with E-state index in [4.69, 9.17) is 0 Å². The molecule has 5 rings (SSSR count). The lowest BCUT2D eigenvalue weighted by molar-refractivity contribution is 0.247. The van der Waals surface area contributed by atoms with Crippen molar-refractivity contribution in [1.29, 1.82) is 0 Å². The van der Waals surface area contributed by atoms with Gasteiger partial charge in [-0.25, -0.2) is 4.68 Å². The molecule has 2 heterocycles. The van der Waals surface area contributed by atoms with Crippen molar-refractivity contribution in [3.63, 3.8) is 0 Å². The summed E-state index contributed by atoms with van der Waals surface area (Å²) in [6.07, 6.45) is 5.46. The van der Waals surface area contributed by atoms with E-state index < -0.39 is 0 Å². The van der Waals surface area contributed by atoms with Gasteiger partial charge in [0.2, 0.25) is 0 Å². The second-order valence-corrected chi connectivity index (χ2v) is 9.05. The minimum atomic E-state index is -0.362. The number of nitrogens with one attached hydrogen (secondary N) is 1. The van der Waals surface area contributed by atoms with Gasteiger partial charge in [0.05, 0.1) is 6.04 Å². The molecule has 0 radical (unpaired) electrons. The van der Waals surface area contributed by atoms with E-state index in [-0.39, 0.29) is 17.6 Å². The molecule has 170 valence electrons. The summed E-state index contributed by atoms with van der Waals surface area (Å²) in [5.74, 6) is 0.733. The number of rotatable bonds is 7. The van der Waals surface area contributed by atoms with Gasteiger partial charge in [-0.15, -0.1) is 5.10 Å². The Morgan fingerprint density at radius 1 is 1.09 bits per heavy atom. The minimum Gasteiger partial charge on any atom is -0.322 e. The first-order chi connectivity index (χ1) is 16.1. The summed E-state index contributed by atoms with van der Waals surface area (Å²) >= 11 is 0. The van der Waals surface area contributed by atoms with E-state index in [2.05, 4.69) is 56.6 Å². The lowest BCUT2D eigenvalue weighted by Crippen LogP contribution is -2.33. The molecule has 0 unspecified atom stereocenters. The Labute approximate surface area is 193 Å². The van der Waals surface area contributed by atoms with Crippen LogP contribution in [0.4, 0.5) is 0 Å². The highest BCUT2D eigenvalue weighted by Crippen LogP contribution is 2.33. The zero-order chi connectivity index (χ0) is 22.8. The monoisotopic (exact) mass is 442 g/mol. The molecule has 1 fully saturated rings. The highest BCUT2D eigenvalue weighted by molar-refractivity contribution is 5.80. The second-order valence-electron chi connectivity index (χ2n) is 9.05. The summed E-state index contributed by atoms with van der Waals surface area (Å²) in [6.45, 7) is 2.81. The van der Waals surface area contributed by atoms with Crippen LogP contribution in [0.25, 0.3) is 10.9 Å². The molecule has 0 bridgehead atoms. The van der Waals surface area contributed by atoms with Crippen LogP contribution in [0, 0.1) is 0 Å². The predicted molar refractivity (Wildman–Crippen MR) is 129 cm³/mol. The molecule has 1 N–H and O–H groups in total. The van der Waals surface area contributed by atoms with E-state index in [1.54, 1.807) is 0 Å². The largest absolute Gasteiger partial charge is 0.322 e. The zero-order valence-corrected chi connectivity index (χ0v) is 19.2. The van der Waals surface area contributed by atoms with Crippen LogP contribution >= 0.6 is 0 Å². The lowest BCUT2D eigenvalue weighted by Gasteiger charge is -2.28. The molecule has 7 heteroatoms. The highest BCUT2D eigenvalue weighted by Gasteiger charge is 2.31. The van der Waals surface area contributed by atoms with Crippen LogP contribution < -0.4 is 5.56 Å². The van der Waals surface area contributed by atoms with E-state index in [1.807, 2.05) is 42.1 Å². The van der Waals surface area contributed by atoms with Crippen molar-refractivity contribution in [2.24, 2.45) is 0 Å². The number of H-pyrrole nitrogens is 1. The molecule has 7 nitrogen and oxygen atoms in total. The van der Waals surface area contributed by atoms with Crippen LogP contribution in [0.5, 0.6) is 0 Å². The average molecular weight is 443 g/mol. The molecule has 1 aliphatic carbocycles. The Morgan fingerprint density at radius 3 is 2.64 bits per heavy atom. The fourth-order valence-corrected chi connectivity index (χ4v) is 5.02. The average Bonchev–Trinajstić information content (AvgIpc) is 3.52. The third kappa shape index (κ3) is 4.33. The standard InChI is InChI=1S/C26H30N6O/c1-3-18-13-14-23-20(15-18)16-22(26(33)27-23)24(31(2)17-19-9-5-4-6-10-19)25-28-29-30-32(25)21-11-7-8-12-21/h4-6,9-10,13-16,21,24H,3,7-8,11-12,17H2,1-2H3,(H,27,33)/t24-/m1/s1. The molecule has 1 aliphatic rings. The summed E-state index contributed by atoms with van der Waals surface area (Å²) < 4.78 is 1.96. The summed E-state index contributed by atoms with van der Waals surface area (Å²) in [5.41, 5.74) is 3.84. The third-order valence-corrected chi connectivity index (χ3v) is 6.79. The van der Waals surface area contributed by atoms with Gasteiger partial charge in [0.1, 0.15) is 6.04 Å². The maximum absolute atomic E-state index is 13.4. The number of aromatic amines is 1. The van der Waals surface area contributed by atoms with Crippen molar-refractivity contribution < 1.29 is 0 Å². The van der Waals surface area contributed by atoms with Gasteiger partial charge in [0.25, 0.3) is 5.56 Å². The number of fused-ring (bicyclic) bond motifs is 1. The van der Waals surface area contributed by atoms with Crippen molar-refractivity contribution in [3.05, 3.63) is 87.5 Å². The van der Waals surface area contributed by atoms with Crippen LogP contribution in [0.2, 0.25) is 0 Å². The van der Waals surface area contributed by atoms with E-state index >= 15 is 0 Å². The number of pyridine rings is 1. The summed E-state index contributed by atoms with van der Waals surface area (Å²) in [7, 11) is 2.04. The first-order valence-corrected chi connectivity index (χ1v) is 11.8. The number of tetrazole rings is 1. The molecule has 2 aromatic heterocycles. The Kier molecular flexibility index (Phi) is 6.05. The molecule has 0 saturated heterocycles. The Bertz CT molecular complexity index is 1290. The van der Waals surface area contributed by atoms with Gasteiger partial charge in [-0.3, -0.25) is 9.69 Å². The quantitative estimate of drug-likeness (QED) is 0.458. The van der Waals surface area contributed by atoms with E-state index in [9.17, 15) is 4.79 Å². The van der Waals surface area contributed by atoms with E-state index in [1.165, 1.54) is 24.0 Å². The van der Waals surface area contributed by atoms with Crippen LogP contribution in [-0.4, -0.2) is 37.1 Å². The Balaban J connectivity index is 1.63. The van der Waals surface area contributed by atoms with Crippen LogP contribution in [-0.2, 0) is 13.0 Å². The topological polar surface area (TPSA) is 79.7 Å². The number of nitrogens with zero attached hydrogens (tertiary/aromatic N) is 5. The Morgan fingerprint density at radius 2 is 1.88 bits per heavy atom. The number of hydrogen-bond acceptors (Lipinski definition) is 5. The molecule has 1 atom stereocenters. The van der Waals surface area contributed by atoms with Gasteiger partial charge in [-0.05, 0) is 71.4 Å². The van der Waals surface area contributed by atoms with Crippen molar-refractivity contribution in [2.45, 2.75) is 57.7 Å². The van der Waals surface area contributed by atoms with Crippen molar-refractivity contribution in [2.75, 3.05) is 7.05 Å². The minimum absolute atomic E-state index is 0.0994. The molecule has 2 aromatic carbocycles. The molecule has 0 aliphatic heterocycles. The van der Waals surface area contributed by atoms with Gasteiger partial charge < -0.3 is 4.98 Å². The van der Waals surface area contributed by atoms with E-state index in [0.717, 1.165) is 36.0 Å². The van der Waals surface area contributed by atoms with Crippen LogP contribution in [0.3, 0.4) is 0 Å². The summed E-state index contributed by atoms with van der Waals surface area (Å²) in [5, 5.41) is 13.9. The second kappa shape index (κ2) is 9.27.